The van der Waals surface area contributed by atoms with E-state index in [2.05, 4.69) is 5.32 Å². The number of hydrogen-bond donors (Lipinski definition) is 1. The lowest BCUT2D eigenvalue weighted by atomic mass is 10.0. The first-order chi connectivity index (χ1) is 17.6. The maximum absolute atomic E-state index is 13.3. The van der Waals surface area contributed by atoms with E-state index in [-0.39, 0.29) is 19.0 Å². The summed E-state index contributed by atoms with van der Waals surface area (Å²) in [6, 6.07) is 6.94. The van der Waals surface area contributed by atoms with Gasteiger partial charge < -0.3 is 29.0 Å². The molecule has 0 bridgehead atoms. The first kappa shape index (κ1) is 31.2. The number of carbonyl (C=O) groups is 3. The third-order valence-electron chi connectivity index (χ3n) is 5.54. The molecule has 1 amide bonds. The van der Waals surface area contributed by atoms with Crippen molar-refractivity contribution in [2.75, 3.05) is 20.2 Å². The van der Waals surface area contributed by atoms with E-state index in [1.54, 1.807) is 48.7 Å². The molecule has 1 N–H and O–H groups in total. The molecule has 0 saturated carbocycles. The Morgan fingerprint density at radius 1 is 0.974 bits per heavy atom. The minimum absolute atomic E-state index is 0.0167. The topological polar surface area (TPSA) is 113 Å². The summed E-state index contributed by atoms with van der Waals surface area (Å²) in [6.07, 6.45) is -2.91. The van der Waals surface area contributed by atoms with Gasteiger partial charge in [0.1, 0.15) is 17.0 Å². The van der Waals surface area contributed by atoms with Gasteiger partial charge in [0.2, 0.25) is 0 Å². The summed E-state index contributed by atoms with van der Waals surface area (Å²) >= 11 is 0. The number of hydrogen-bond acceptors (Lipinski definition) is 9. The molecule has 1 aromatic rings. The highest BCUT2D eigenvalue weighted by atomic mass is 16.7. The number of nitrogens with zero attached hydrogens (tertiary/aromatic N) is 1. The Bertz CT molecular complexity index is 934. The lowest BCUT2D eigenvalue weighted by Gasteiger charge is -2.30. The molecular formula is C28H44N2O8. The Hall–Kier alpha value is -3.01. The van der Waals surface area contributed by atoms with Crippen LogP contribution in [0.15, 0.2) is 24.3 Å². The minimum Gasteiger partial charge on any atom is -0.497 e. The van der Waals surface area contributed by atoms with Crippen LogP contribution in [0.2, 0.25) is 0 Å². The van der Waals surface area contributed by atoms with Crippen LogP contribution in [0.3, 0.4) is 0 Å². The number of carbonyl (C=O) groups excluding carboxylic acids is 3. The summed E-state index contributed by atoms with van der Waals surface area (Å²) in [7, 11) is 1.58. The van der Waals surface area contributed by atoms with Gasteiger partial charge in [-0.2, -0.15) is 0 Å². The van der Waals surface area contributed by atoms with Gasteiger partial charge in [-0.1, -0.05) is 26.0 Å². The first-order valence-electron chi connectivity index (χ1n) is 13.0. The second kappa shape index (κ2) is 13.2. The maximum Gasteiger partial charge on any atom is 0.509 e. The fraction of sp³-hybridized carbons (Fsp3) is 0.679. The molecule has 2 rings (SSSR count). The summed E-state index contributed by atoms with van der Waals surface area (Å²) in [5.41, 5.74) is -0.650. The van der Waals surface area contributed by atoms with Gasteiger partial charge in [-0.25, -0.2) is 9.59 Å². The van der Waals surface area contributed by atoms with Crippen molar-refractivity contribution in [2.45, 2.75) is 104 Å². The van der Waals surface area contributed by atoms with Crippen LogP contribution >= 0.6 is 0 Å². The molecule has 1 heterocycles. The van der Waals surface area contributed by atoms with E-state index in [4.69, 9.17) is 23.7 Å². The van der Waals surface area contributed by atoms with Crippen LogP contribution in [-0.4, -0.2) is 78.8 Å². The van der Waals surface area contributed by atoms with E-state index in [1.807, 2.05) is 38.1 Å². The zero-order valence-corrected chi connectivity index (χ0v) is 24.2. The van der Waals surface area contributed by atoms with Crippen molar-refractivity contribution in [1.29, 1.82) is 0 Å². The largest absolute Gasteiger partial charge is 0.509 e. The average Bonchev–Trinajstić information content (AvgIpc) is 3.08. The highest BCUT2D eigenvalue weighted by Crippen LogP contribution is 2.30. The summed E-state index contributed by atoms with van der Waals surface area (Å²) in [5, 5.41) is 3.18. The van der Waals surface area contributed by atoms with Gasteiger partial charge >= 0.3 is 18.2 Å². The number of esters is 1. The van der Waals surface area contributed by atoms with Crippen molar-refractivity contribution in [3.8, 4) is 5.75 Å². The third kappa shape index (κ3) is 10.4. The Morgan fingerprint density at radius 2 is 1.58 bits per heavy atom. The number of rotatable bonds is 9. The summed E-state index contributed by atoms with van der Waals surface area (Å²) in [6.45, 7) is 14.9. The maximum atomic E-state index is 13.3. The summed E-state index contributed by atoms with van der Waals surface area (Å²) in [4.78, 5) is 40.2. The molecule has 214 valence electrons. The lowest BCUT2D eigenvalue weighted by Crippen LogP contribution is -2.45. The number of methoxy groups -OCH3 is 1. The Balaban J connectivity index is 2.37. The fourth-order valence-electron chi connectivity index (χ4n) is 3.95. The lowest BCUT2D eigenvalue weighted by molar-refractivity contribution is -0.155. The average molecular weight is 537 g/mol. The van der Waals surface area contributed by atoms with E-state index >= 15 is 0 Å². The van der Waals surface area contributed by atoms with Gasteiger partial charge in [0.15, 0.2) is 12.2 Å². The van der Waals surface area contributed by atoms with E-state index < -0.39 is 47.7 Å². The SMILES string of the molecule is COc1ccc(C[C@@H]2[C@H](OC(=O)CCNC(C)C)[C@@H](OC(=O)OC(C)(C)C)CN2C(=O)OC(C)(C)C)cc1. The van der Waals surface area contributed by atoms with Gasteiger partial charge in [0.25, 0.3) is 0 Å². The quantitative estimate of drug-likeness (QED) is 0.361. The highest BCUT2D eigenvalue weighted by molar-refractivity contribution is 5.72. The molecule has 0 aliphatic carbocycles. The third-order valence-corrected chi connectivity index (χ3v) is 5.54. The Labute approximate surface area is 226 Å². The normalized spacial score (nSPS) is 19.7. The van der Waals surface area contributed by atoms with Crippen LogP contribution in [0.1, 0.15) is 67.4 Å². The Kier molecular flexibility index (Phi) is 10.8. The van der Waals surface area contributed by atoms with Gasteiger partial charge in [0, 0.05) is 12.6 Å². The Morgan fingerprint density at radius 3 is 2.11 bits per heavy atom. The number of amides is 1. The van der Waals surface area contributed by atoms with Gasteiger partial charge in [-0.3, -0.25) is 9.69 Å². The molecule has 0 spiro atoms. The molecule has 0 aromatic heterocycles. The number of nitrogens with one attached hydrogen (secondary N) is 1. The molecule has 10 nitrogen and oxygen atoms in total. The second-order valence-corrected chi connectivity index (χ2v) is 11.7. The molecule has 0 unspecified atom stereocenters. The van der Waals surface area contributed by atoms with Gasteiger partial charge in [0.05, 0.1) is 26.1 Å². The predicted molar refractivity (Wildman–Crippen MR) is 142 cm³/mol. The van der Waals surface area contributed by atoms with Gasteiger partial charge in [-0.15, -0.1) is 0 Å². The molecule has 3 atom stereocenters. The monoisotopic (exact) mass is 536 g/mol. The van der Waals surface area contributed by atoms with Crippen molar-refractivity contribution in [2.24, 2.45) is 0 Å². The fourth-order valence-corrected chi connectivity index (χ4v) is 3.95. The second-order valence-electron chi connectivity index (χ2n) is 11.7. The summed E-state index contributed by atoms with van der Waals surface area (Å²) in [5.74, 6) is 0.225. The molecular weight excluding hydrogens is 492 g/mol. The molecule has 38 heavy (non-hydrogen) atoms. The molecule has 10 heteroatoms. The van der Waals surface area contributed by atoms with Crippen LogP contribution in [-0.2, 0) is 30.2 Å². The standard InChI is InChI=1S/C28H44N2O8/c1-18(2)29-15-14-23(31)36-24-21(16-19-10-12-20(34-9)13-11-19)30(25(32)37-27(3,4)5)17-22(24)35-26(33)38-28(6,7)8/h10-13,18,21-22,24,29H,14-17H2,1-9H3/t21-,22+,24+/m1/s1. The molecule has 1 fully saturated rings. The van der Waals surface area contributed by atoms with E-state index in [9.17, 15) is 14.4 Å². The molecule has 1 aliphatic rings. The van der Waals surface area contributed by atoms with Gasteiger partial charge in [-0.05, 0) is 65.7 Å². The van der Waals surface area contributed by atoms with Crippen molar-refractivity contribution in [1.82, 2.24) is 10.2 Å². The summed E-state index contributed by atoms with van der Waals surface area (Å²) < 4.78 is 27.8. The van der Waals surface area contributed by atoms with Crippen molar-refractivity contribution in [3.05, 3.63) is 29.8 Å². The smallest absolute Gasteiger partial charge is 0.497 e. The van der Waals surface area contributed by atoms with Crippen LogP contribution in [0.4, 0.5) is 9.59 Å². The first-order valence-corrected chi connectivity index (χ1v) is 13.0. The number of likely N-dealkylation sites (tertiary alicyclic amines) is 1. The molecule has 0 radical (unpaired) electrons. The van der Waals surface area contributed by atoms with Crippen molar-refractivity contribution >= 4 is 18.2 Å². The highest BCUT2D eigenvalue weighted by Gasteiger charge is 2.50. The number of ether oxygens (including phenoxy) is 5. The van der Waals surface area contributed by atoms with E-state index in [0.29, 0.717) is 18.7 Å². The van der Waals surface area contributed by atoms with Crippen LogP contribution < -0.4 is 10.1 Å². The van der Waals surface area contributed by atoms with Crippen LogP contribution in [0.5, 0.6) is 5.75 Å². The predicted octanol–water partition coefficient (Wildman–Crippen LogP) is 4.48. The van der Waals surface area contributed by atoms with Crippen LogP contribution in [0, 0.1) is 0 Å². The van der Waals surface area contributed by atoms with E-state index in [0.717, 1.165) is 5.56 Å². The zero-order valence-electron chi connectivity index (χ0n) is 24.2. The zero-order chi connectivity index (χ0) is 28.7. The minimum atomic E-state index is -0.942. The van der Waals surface area contributed by atoms with E-state index in [1.165, 1.54) is 4.90 Å². The van der Waals surface area contributed by atoms with Crippen molar-refractivity contribution in [3.63, 3.8) is 0 Å². The molecule has 1 saturated heterocycles. The van der Waals surface area contributed by atoms with Crippen LogP contribution in [0.25, 0.3) is 0 Å². The van der Waals surface area contributed by atoms with Crippen molar-refractivity contribution < 1.29 is 38.1 Å². The molecule has 1 aliphatic heterocycles. The molecule has 1 aromatic carbocycles. The number of benzene rings is 1.